The van der Waals surface area contributed by atoms with Crippen LogP contribution in [0.25, 0.3) is 0 Å². The second kappa shape index (κ2) is 3.33. The minimum absolute atomic E-state index is 0.191. The van der Waals surface area contributed by atoms with Crippen molar-refractivity contribution in [3.05, 3.63) is 11.7 Å². The van der Waals surface area contributed by atoms with E-state index < -0.39 is 11.2 Å². The van der Waals surface area contributed by atoms with Crippen LogP contribution in [0.1, 0.15) is 13.8 Å². The van der Waals surface area contributed by atoms with Gasteiger partial charge in [0.25, 0.3) is 0 Å². The minimum atomic E-state index is -1.03. The summed E-state index contributed by atoms with van der Waals surface area (Å²) in [6.07, 6.45) is 0. The third-order valence-corrected chi connectivity index (χ3v) is 2.87. The van der Waals surface area contributed by atoms with Gasteiger partial charge in [-0.2, -0.15) is 0 Å². The van der Waals surface area contributed by atoms with Crippen LogP contribution < -0.4 is 0 Å². The Bertz CT molecular complexity index is 262. The van der Waals surface area contributed by atoms with E-state index in [2.05, 4.69) is 0 Å². The molecule has 1 rings (SSSR count). The molecule has 0 aromatic heterocycles. The lowest BCUT2D eigenvalue weighted by Crippen LogP contribution is -2.53. The molecule has 0 radical (unpaired) electrons. The van der Waals surface area contributed by atoms with Crippen LogP contribution in [0.4, 0.5) is 0 Å². The minimum Gasteiger partial charge on any atom is -0.491 e. The predicted octanol–water partition coefficient (Wildman–Crippen LogP) is 0.546. The summed E-state index contributed by atoms with van der Waals surface area (Å²) in [7, 11) is 2.88. The molecule has 14 heavy (non-hydrogen) atoms. The van der Waals surface area contributed by atoms with E-state index in [-0.39, 0.29) is 18.3 Å². The molecule has 1 aliphatic rings. The summed E-state index contributed by atoms with van der Waals surface area (Å²) < 4.78 is 15.4. The van der Waals surface area contributed by atoms with Crippen LogP contribution in [0.2, 0.25) is 0 Å². The molecule has 0 aliphatic carbocycles. The average Bonchev–Trinajstić information content (AvgIpc) is 2.36. The van der Waals surface area contributed by atoms with Crippen LogP contribution in [0.5, 0.6) is 0 Å². The Morgan fingerprint density at radius 3 is 2.29 bits per heavy atom. The van der Waals surface area contributed by atoms with Gasteiger partial charge in [0.2, 0.25) is 5.76 Å². The van der Waals surface area contributed by atoms with Crippen molar-refractivity contribution >= 4 is 0 Å². The van der Waals surface area contributed by atoms with Crippen LogP contribution >= 0.6 is 0 Å². The SMILES string of the molecule is COC1=C(O)O[C@](C)(CO)[C@]1(C)OC. The molecule has 0 saturated heterocycles. The molecule has 0 unspecified atom stereocenters. The smallest absolute Gasteiger partial charge is 0.320 e. The van der Waals surface area contributed by atoms with Crippen molar-refractivity contribution < 1.29 is 24.4 Å². The zero-order valence-corrected chi connectivity index (χ0v) is 8.83. The maximum Gasteiger partial charge on any atom is 0.320 e. The highest BCUT2D eigenvalue weighted by molar-refractivity contribution is 5.24. The second-order valence-corrected chi connectivity index (χ2v) is 3.57. The Kier molecular flexibility index (Phi) is 2.65. The molecule has 2 atom stereocenters. The maximum absolute atomic E-state index is 9.46. The lowest BCUT2D eigenvalue weighted by Gasteiger charge is -2.36. The number of ether oxygens (including phenoxy) is 3. The summed E-state index contributed by atoms with van der Waals surface area (Å²) in [6, 6.07) is 0. The molecular weight excluding hydrogens is 188 g/mol. The Balaban J connectivity index is 3.15. The molecule has 82 valence electrons. The van der Waals surface area contributed by atoms with Crippen LogP contribution in [-0.4, -0.2) is 42.2 Å². The fraction of sp³-hybridized carbons (Fsp3) is 0.778. The van der Waals surface area contributed by atoms with Crippen molar-refractivity contribution in [1.29, 1.82) is 0 Å². The first-order chi connectivity index (χ1) is 6.45. The lowest BCUT2D eigenvalue weighted by atomic mass is 9.86. The summed E-state index contributed by atoms with van der Waals surface area (Å²) in [6.45, 7) is 3.04. The van der Waals surface area contributed by atoms with E-state index in [1.165, 1.54) is 14.2 Å². The fourth-order valence-electron chi connectivity index (χ4n) is 1.58. The number of hydrogen-bond donors (Lipinski definition) is 2. The standard InChI is InChI=1S/C9H16O5/c1-8(5-10)9(2,13-4)6(12-3)7(11)14-8/h10-11H,5H2,1-4H3/t8-,9-/m1/s1. The molecule has 0 bridgehead atoms. The van der Waals surface area contributed by atoms with E-state index in [1.54, 1.807) is 13.8 Å². The molecule has 5 nitrogen and oxygen atoms in total. The second-order valence-electron chi connectivity index (χ2n) is 3.57. The van der Waals surface area contributed by atoms with Gasteiger partial charge in [-0.1, -0.05) is 0 Å². The van der Waals surface area contributed by atoms with Crippen molar-refractivity contribution in [2.75, 3.05) is 20.8 Å². The van der Waals surface area contributed by atoms with Crippen molar-refractivity contribution in [2.24, 2.45) is 0 Å². The van der Waals surface area contributed by atoms with Crippen LogP contribution in [0.15, 0.2) is 11.7 Å². The van der Waals surface area contributed by atoms with E-state index in [4.69, 9.17) is 14.2 Å². The number of methoxy groups -OCH3 is 2. The average molecular weight is 204 g/mol. The Hall–Kier alpha value is -0.940. The molecule has 1 aliphatic heterocycles. The highest BCUT2D eigenvalue weighted by Gasteiger charge is 2.58. The molecule has 0 amide bonds. The van der Waals surface area contributed by atoms with Crippen LogP contribution in [-0.2, 0) is 14.2 Å². The van der Waals surface area contributed by atoms with Crippen molar-refractivity contribution in [1.82, 2.24) is 0 Å². The van der Waals surface area contributed by atoms with Crippen molar-refractivity contribution in [3.63, 3.8) is 0 Å². The normalized spacial score (nSPS) is 37.2. The third kappa shape index (κ3) is 1.16. The lowest BCUT2D eigenvalue weighted by molar-refractivity contribution is -0.155. The number of aliphatic hydroxyl groups is 2. The van der Waals surface area contributed by atoms with Gasteiger partial charge in [-0.15, -0.1) is 0 Å². The molecule has 5 heteroatoms. The zero-order valence-electron chi connectivity index (χ0n) is 8.83. The number of hydrogen-bond acceptors (Lipinski definition) is 5. The molecule has 0 fully saturated rings. The molecule has 0 saturated carbocycles. The highest BCUT2D eigenvalue weighted by atomic mass is 16.7. The first-order valence-electron chi connectivity index (χ1n) is 4.28. The first kappa shape index (κ1) is 11.1. The number of rotatable bonds is 3. The summed E-state index contributed by atoms with van der Waals surface area (Å²) >= 11 is 0. The zero-order chi connectivity index (χ0) is 11.0. The summed E-state index contributed by atoms with van der Waals surface area (Å²) in [5, 5.41) is 18.7. The van der Waals surface area contributed by atoms with Gasteiger partial charge in [0, 0.05) is 7.11 Å². The Morgan fingerprint density at radius 1 is 1.36 bits per heavy atom. The topological polar surface area (TPSA) is 68.2 Å². The Morgan fingerprint density at radius 2 is 1.93 bits per heavy atom. The largest absolute Gasteiger partial charge is 0.491 e. The van der Waals surface area contributed by atoms with E-state index in [0.29, 0.717) is 0 Å². The van der Waals surface area contributed by atoms with E-state index in [0.717, 1.165) is 0 Å². The van der Waals surface area contributed by atoms with Gasteiger partial charge in [-0.3, -0.25) is 0 Å². The highest BCUT2D eigenvalue weighted by Crippen LogP contribution is 2.44. The fourth-order valence-corrected chi connectivity index (χ4v) is 1.58. The quantitative estimate of drug-likeness (QED) is 0.702. The van der Waals surface area contributed by atoms with Gasteiger partial charge in [0.15, 0.2) is 11.2 Å². The molecule has 1 heterocycles. The van der Waals surface area contributed by atoms with Gasteiger partial charge in [-0.05, 0) is 13.8 Å². The van der Waals surface area contributed by atoms with Gasteiger partial charge in [0.05, 0.1) is 13.7 Å². The molecule has 0 aromatic carbocycles. The molecule has 0 aromatic rings. The first-order valence-corrected chi connectivity index (χ1v) is 4.28. The molecular formula is C9H16O5. The van der Waals surface area contributed by atoms with Crippen molar-refractivity contribution in [2.45, 2.75) is 25.0 Å². The molecule has 0 spiro atoms. The molecule has 2 N–H and O–H groups in total. The van der Waals surface area contributed by atoms with E-state index in [1.807, 2.05) is 0 Å². The Labute approximate surface area is 82.9 Å². The van der Waals surface area contributed by atoms with Gasteiger partial charge in [-0.25, -0.2) is 0 Å². The van der Waals surface area contributed by atoms with E-state index >= 15 is 0 Å². The van der Waals surface area contributed by atoms with Gasteiger partial charge < -0.3 is 24.4 Å². The summed E-state index contributed by atoms with van der Waals surface area (Å²) in [5.74, 6) is -0.148. The maximum atomic E-state index is 9.46. The van der Waals surface area contributed by atoms with Crippen molar-refractivity contribution in [3.8, 4) is 0 Å². The van der Waals surface area contributed by atoms with Crippen LogP contribution in [0.3, 0.4) is 0 Å². The third-order valence-electron chi connectivity index (χ3n) is 2.87. The van der Waals surface area contributed by atoms with E-state index in [9.17, 15) is 10.2 Å². The summed E-state index contributed by atoms with van der Waals surface area (Å²) in [5.41, 5.74) is -2.02. The number of aliphatic hydroxyl groups excluding tert-OH is 2. The predicted molar refractivity (Wildman–Crippen MR) is 48.7 cm³/mol. The summed E-state index contributed by atoms with van der Waals surface area (Å²) in [4.78, 5) is 0. The van der Waals surface area contributed by atoms with Gasteiger partial charge >= 0.3 is 5.95 Å². The monoisotopic (exact) mass is 204 g/mol. The van der Waals surface area contributed by atoms with Gasteiger partial charge in [0.1, 0.15) is 0 Å². The van der Waals surface area contributed by atoms with Crippen LogP contribution in [0, 0.1) is 0 Å².